The van der Waals surface area contributed by atoms with E-state index in [1.807, 2.05) is 4.57 Å². The van der Waals surface area contributed by atoms with E-state index in [-0.39, 0.29) is 17.8 Å². The van der Waals surface area contributed by atoms with Gasteiger partial charge in [-0.2, -0.15) is 0 Å². The Morgan fingerprint density at radius 1 is 1.48 bits per heavy atom. The quantitative estimate of drug-likeness (QED) is 0.610. The fourth-order valence-corrected chi connectivity index (χ4v) is 3.25. The van der Waals surface area contributed by atoms with Gasteiger partial charge in [0.1, 0.15) is 18.0 Å². The number of halogens is 2. The zero-order chi connectivity index (χ0) is 17.8. The summed E-state index contributed by atoms with van der Waals surface area (Å²) in [4.78, 5) is 4.23. The summed E-state index contributed by atoms with van der Waals surface area (Å²) >= 11 is 6.14. The molecule has 0 amide bonds. The molecule has 1 aliphatic rings. The molecule has 0 bridgehead atoms. The van der Waals surface area contributed by atoms with Gasteiger partial charge in [0, 0.05) is 49.1 Å². The maximum Gasteiger partial charge on any atom is 0.191 e. The van der Waals surface area contributed by atoms with Crippen molar-refractivity contribution in [1.82, 2.24) is 25.4 Å². The number of rotatable bonds is 6. The smallest absolute Gasteiger partial charge is 0.191 e. The van der Waals surface area contributed by atoms with Gasteiger partial charge < -0.3 is 15.2 Å². The molecule has 2 atom stereocenters. The van der Waals surface area contributed by atoms with Crippen molar-refractivity contribution in [2.75, 3.05) is 13.6 Å². The molecule has 2 aromatic rings. The molecular formula is C17H22ClFN6. The van der Waals surface area contributed by atoms with Crippen LogP contribution in [0.4, 0.5) is 4.39 Å². The molecule has 1 aliphatic carbocycles. The van der Waals surface area contributed by atoms with E-state index in [9.17, 15) is 4.39 Å². The molecular weight excluding hydrogens is 343 g/mol. The molecule has 1 heterocycles. The van der Waals surface area contributed by atoms with Gasteiger partial charge in [-0.05, 0) is 18.6 Å². The van der Waals surface area contributed by atoms with Crippen molar-refractivity contribution in [2.45, 2.75) is 38.3 Å². The highest BCUT2D eigenvalue weighted by molar-refractivity contribution is 6.31. The molecule has 3 rings (SSSR count). The average Bonchev–Trinajstić information content (AvgIpc) is 3.18. The molecule has 0 spiro atoms. The Kier molecular flexibility index (Phi) is 5.53. The second-order valence-electron chi connectivity index (χ2n) is 6.02. The van der Waals surface area contributed by atoms with Gasteiger partial charge in [-0.25, -0.2) is 4.39 Å². The van der Waals surface area contributed by atoms with Crippen molar-refractivity contribution in [1.29, 1.82) is 0 Å². The van der Waals surface area contributed by atoms with Gasteiger partial charge >= 0.3 is 0 Å². The first-order valence-electron chi connectivity index (χ1n) is 8.41. The molecule has 1 aromatic carbocycles. The Labute approximate surface area is 151 Å². The Balaban J connectivity index is 1.51. The van der Waals surface area contributed by atoms with Crippen molar-refractivity contribution < 1.29 is 4.39 Å². The van der Waals surface area contributed by atoms with Crippen molar-refractivity contribution in [2.24, 2.45) is 4.99 Å². The predicted octanol–water partition coefficient (Wildman–Crippen LogP) is 2.35. The van der Waals surface area contributed by atoms with Crippen LogP contribution in [0.15, 0.2) is 29.5 Å². The Morgan fingerprint density at radius 2 is 2.32 bits per heavy atom. The summed E-state index contributed by atoms with van der Waals surface area (Å²) in [6.07, 6.45) is 3.42. The van der Waals surface area contributed by atoms with Crippen molar-refractivity contribution in [3.8, 4) is 0 Å². The lowest BCUT2D eigenvalue weighted by Crippen LogP contribution is -2.40. The highest BCUT2D eigenvalue weighted by Crippen LogP contribution is 2.44. The van der Waals surface area contributed by atoms with Crippen LogP contribution in [-0.2, 0) is 13.0 Å². The van der Waals surface area contributed by atoms with E-state index in [2.05, 4.69) is 32.7 Å². The van der Waals surface area contributed by atoms with Crippen LogP contribution in [0, 0.1) is 5.82 Å². The number of nitrogens with zero attached hydrogens (tertiary/aromatic N) is 4. The highest BCUT2D eigenvalue weighted by atomic mass is 35.5. The van der Waals surface area contributed by atoms with Crippen LogP contribution >= 0.6 is 11.6 Å². The molecule has 1 aromatic heterocycles. The molecule has 25 heavy (non-hydrogen) atoms. The van der Waals surface area contributed by atoms with E-state index in [1.54, 1.807) is 25.5 Å². The third-order valence-electron chi connectivity index (χ3n) is 4.36. The van der Waals surface area contributed by atoms with Gasteiger partial charge in [0.25, 0.3) is 0 Å². The summed E-state index contributed by atoms with van der Waals surface area (Å²) < 4.78 is 16.0. The second-order valence-corrected chi connectivity index (χ2v) is 6.43. The van der Waals surface area contributed by atoms with Crippen LogP contribution < -0.4 is 10.6 Å². The molecule has 2 unspecified atom stereocenters. The number of aliphatic imine (C=N–C) groups is 1. The van der Waals surface area contributed by atoms with E-state index in [0.29, 0.717) is 23.1 Å². The zero-order valence-corrected chi connectivity index (χ0v) is 15.1. The summed E-state index contributed by atoms with van der Waals surface area (Å²) in [5, 5.41) is 15.1. The predicted molar refractivity (Wildman–Crippen MR) is 96.5 cm³/mol. The standard InChI is InChI=1S/C17H22ClFN6/c1-3-15-24-22-10-25(15)8-7-21-17(20-2)23-14-9-11(14)16-12(18)5-4-6-13(16)19/h4-6,10-11,14H,3,7-9H2,1-2H3,(H2,20,21,23). The first kappa shape index (κ1) is 17.7. The monoisotopic (exact) mass is 364 g/mol. The average molecular weight is 365 g/mol. The second kappa shape index (κ2) is 7.82. The molecule has 0 saturated heterocycles. The zero-order valence-electron chi connectivity index (χ0n) is 14.3. The molecule has 1 fully saturated rings. The SMILES string of the molecule is CCc1nncn1CCNC(=NC)NC1CC1c1c(F)cccc1Cl. The lowest BCUT2D eigenvalue weighted by Gasteiger charge is -2.13. The first-order chi connectivity index (χ1) is 12.1. The third kappa shape index (κ3) is 4.10. The van der Waals surface area contributed by atoms with Gasteiger partial charge in [-0.15, -0.1) is 10.2 Å². The lowest BCUT2D eigenvalue weighted by atomic mass is 10.1. The topological polar surface area (TPSA) is 67.1 Å². The maximum absolute atomic E-state index is 14.0. The van der Waals surface area contributed by atoms with Gasteiger partial charge in [-0.1, -0.05) is 24.6 Å². The van der Waals surface area contributed by atoms with Gasteiger partial charge in [-0.3, -0.25) is 4.99 Å². The van der Waals surface area contributed by atoms with Crippen LogP contribution in [0.5, 0.6) is 0 Å². The minimum atomic E-state index is -0.246. The number of benzene rings is 1. The van der Waals surface area contributed by atoms with Gasteiger partial charge in [0.2, 0.25) is 0 Å². The fraction of sp³-hybridized carbons (Fsp3) is 0.471. The number of aromatic nitrogens is 3. The van der Waals surface area contributed by atoms with Crippen LogP contribution in [0.3, 0.4) is 0 Å². The van der Waals surface area contributed by atoms with E-state index in [0.717, 1.165) is 25.2 Å². The van der Waals surface area contributed by atoms with Gasteiger partial charge in [0.15, 0.2) is 5.96 Å². The third-order valence-corrected chi connectivity index (χ3v) is 4.69. The molecule has 6 nitrogen and oxygen atoms in total. The van der Waals surface area contributed by atoms with Crippen LogP contribution in [0.25, 0.3) is 0 Å². The van der Waals surface area contributed by atoms with E-state index in [4.69, 9.17) is 11.6 Å². The molecule has 8 heteroatoms. The van der Waals surface area contributed by atoms with Crippen molar-refractivity contribution >= 4 is 17.6 Å². The minimum Gasteiger partial charge on any atom is -0.355 e. The summed E-state index contributed by atoms with van der Waals surface area (Å²) in [6, 6.07) is 4.95. The summed E-state index contributed by atoms with van der Waals surface area (Å²) in [5.41, 5.74) is 0.592. The molecule has 0 aliphatic heterocycles. The molecule has 134 valence electrons. The number of nitrogens with one attached hydrogen (secondary N) is 2. The number of hydrogen-bond donors (Lipinski definition) is 2. The molecule has 0 radical (unpaired) electrons. The van der Waals surface area contributed by atoms with E-state index in [1.165, 1.54) is 6.07 Å². The Bertz CT molecular complexity index is 739. The number of aryl methyl sites for hydroxylation is 1. The Hall–Kier alpha value is -2.15. The van der Waals surface area contributed by atoms with E-state index >= 15 is 0 Å². The van der Waals surface area contributed by atoms with E-state index < -0.39 is 0 Å². The van der Waals surface area contributed by atoms with Crippen LogP contribution in [-0.4, -0.2) is 40.4 Å². The summed E-state index contributed by atoms with van der Waals surface area (Å²) in [7, 11) is 1.72. The van der Waals surface area contributed by atoms with Crippen molar-refractivity contribution in [3.05, 3.63) is 46.8 Å². The minimum absolute atomic E-state index is 0.0804. The molecule has 2 N–H and O–H groups in total. The number of guanidine groups is 1. The summed E-state index contributed by atoms with van der Waals surface area (Å²) in [6.45, 7) is 3.50. The largest absolute Gasteiger partial charge is 0.355 e. The molecule has 1 saturated carbocycles. The normalized spacial score (nSPS) is 19.8. The highest BCUT2D eigenvalue weighted by Gasteiger charge is 2.41. The van der Waals surface area contributed by atoms with Crippen LogP contribution in [0.2, 0.25) is 5.02 Å². The Morgan fingerprint density at radius 3 is 3.04 bits per heavy atom. The first-order valence-corrected chi connectivity index (χ1v) is 8.79. The maximum atomic E-state index is 14.0. The van der Waals surface area contributed by atoms with Crippen molar-refractivity contribution in [3.63, 3.8) is 0 Å². The number of hydrogen-bond acceptors (Lipinski definition) is 3. The van der Waals surface area contributed by atoms with Crippen LogP contribution in [0.1, 0.15) is 30.7 Å². The fourth-order valence-electron chi connectivity index (χ4n) is 2.94. The van der Waals surface area contributed by atoms with Gasteiger partial charge in [0.05, 0.1) is 0 Å². The summed E-state index contributed by atoms with van der Waals surface area (Å²) in [5.74, 6) is 1.49. The lowest BCUT2D eigenvalue weighted by molar-refractivity contribution is 0.607.